The maximum atomic E-state index is 7.07. The summed E-state index contributed by atoms with van der Waals surface area (Å²) in [5.41, 5.74) is 19.0. The van der Waals surface area contributed by atoms with Crippen molar-refractivity contribution in [2.75, 3.05) is 4.90 Å². The summed E-state index contributed by atoms with van der Waals surface area (Å²) in [5.74, 6) is 0. The summed E-state index contributed by atoms with van der Waals surface area (Å²) in [6.07, 6.45) is 0. The van der Waals surface area contributed by atoms with Crippen molar-refractivity contribution < 1.29 is 4.42 Å². The van der Waals surface area contributed by atoms with Crippen molar-refractivity contribution in [2.24, 2.45) is 0 Å². The molecule has 13 rings (SSSR count). The molecule has 3 heteroatoms. The monoisotopic (exact) mass is 897 g/mol. The fraction of sp³-hybridized carbons (Fsp3) is 0. The van der Waals surface area contributed by atoms with E-state index in [4.69, 9.17) is 4.42 Å². The number of thiophene rings is 1. The second-order valence-corrected chi connectivity index (χ2v) is 18.7. The molecule has 0 spiro atoms. The Kier molecular flexibility index (Phi) is 10.1. The van der Waals surface area contributed by atoms with E-state index in [2.05, 4.69) is 266 Å². The molecular formula is C66H43NOS. The highest BCUT2D eigenvalue weighted by molar-refractivity contribution is 7.25. The summed E-state index contributed by atoms with van der Waals surface area (Å²) in [4.78, 5) is 2.43. The average Bonchev–Trinajstić information content (AvgIpc) is 4.00. The van der Waals surface area contributed by atoms with E-state index < -0.39 is 0 Å². The van der Waals surface area contributed by atoms with Crippen molar-refractivity contribution >= 4 is 70.5 Å². The van der Waals surface area contributed by atoms with Crippen LogP contribution in [0.15, 0.2) is 265 Å². The number of hydrogen-bond donors (Lipinski definition) is 0. The molecule has 0 aliphatic heterocycles. The lowest BCUT2D eigenvalue weighted by Gasteiger charge is -2.27. The van der Waals surface area contributed by atoms with Gasteiger partial charge in [-0.1, -0.05) is 206 Å². The van der Waals surface area contributed by atoms with Gasteiger partial charge in [0.2, 0.25) is 0 Å². The van der Waals surface area contributed by atoms with Crippen LogP contribution in [0.1, 0.15) is 0 Å². The number of hydrogen-bond acceptors (Lipinski definition) is 3. The fourth-order valence-corrected chi connectivity index (χ4v) is 11.4. The molecule has 0 radical (unpaired) electrons. The predicted octanol–water partition coefficient (Wildman–Crippen LogP) is 19.4. The molecule has 2 aromatic heterocycles. The first-order valence-electron chi connectivity index (χ1n) is 23.5. The minimum atomic E-state index is 0.854. The zero-order valence-electron chi connectivity index (χ0n) is 37.6. The number of fused-ring (bicyclic) bond motifs is 6. The van der Waals surface area contributed by atoms with Gasteiger partial charge in [-0.3, -0.25) is 0 Å². The topological polar surface area (TPSA) is 16.4 Å². The van der Waals surface area contributed by atoms with Gasteiger partial charge in [0, 0.05) is 42.5 Å². The highest BCUT2D eigenvalue weighted by atomic mass is 32.1. The van der Waals surface area contributed by atoms with E-state index in [9.17, 15) is 0 Å². The largest absolute Gasteiger partial charge is 0.455 e. The number of anilines is 3. The van der Waals surface area contributed by atoms with Crippen molar-refractivity contribution in [2.45, 2.75) is 0 Å². The molecule has 13 aromatic rings. The molecular weight excluding hydrogens is 855 g/mol. The standard InChI is InChI=1S/C66H43NOS/c1-5-17-44(18-6-1)49-32-37-60-62(41-49)68-66-55(47-23-11-4-12-24-47)39-40-61(65(60)66)67(52-35-38-59-58-36-31-50(45-19-7-2-8-20-45)42-63(58)69-64(59)43-52)51-33-29-48(30-34-51)54-26-14-16-28-57(54)56-27-15-13-25-53(56)46-21-9-3-10-22-46/h1-43H. The quantitative estimate of drug-likeness (QED) is 0.144. The lowest BCUT2D eigenvalue weighted by atomic mass is 9.89. The van der Waals surface area contributed by atoms with Gasteiger partial charge in [-0.25, -0.2) is 0 Å². The van der Waals surface area contributed by atoms with Gasteiger partial charge in [0.05, 0.1) is 11.1 Å². The Hall–Kier alpha value is -8.76. The first-order chi connectivity index (χ1) is 34.2. The lowest BCUT2D eigenvalue weighted by Crippen LogP contribution is -2.10. The summed E-state index contributed by atoms with van der Waals surface area (Å²) < 4.78 is 9.58. The van der Waals surface area contributed by atoms with Crippen molar-refractivity contribution in [1.82, 2.24) is 0 Å². The van der Waals surface area contributed by atoms with Crippen molar-refractivity contribution in [3.8, 4) is 66.8 Å². The van der Waals surface area contributed by atoms with Crippen LogP contribution in [-0.4, -0.2) is 0 Å². The maximum absolute atomic E-state index is 7.07. The van der Waals surface area contributed by atoms with Crippen LogP contribution < -0.4 is 4.90 Å². The number of benzene rings is 11. The van der Waals surface area contributed by atoms with Crippen LogP contribution in [0.5, 0.6) is 0 Å². The molecule has 0 saturated carbocycles. The first kappa shape index (κ1) is 40.5. The van der Waals surface area contributed by atoms with Gasteiger partial charge in [-0.2, -0.15) is 0 Å². The average molecular weight is 898 g/mol. The smallest absolute Gasteiger partial charge is 0.145 e. The molecule has 0 aliphatic rings. The molecule has 0 bridgehead atoms. The van der Waals surface area contributed by atoms with Gasteiger partial charge in [0.15, 0.2) is 0 Å². The van der Waals surface area contributed by atoms with Gasteiger partial charge < -0.3 is 9.32 Å². The minimum Gasteiger partial charge on any atom is -0.455 e. The van der Waals surface area contributed by atoms with E-state index in [0.29, 0.717) is 0 Å². The third-order valence-corrected chi connectivity index (χ3v) is 14.6. The van der Waals surface area contributed by atoms with Gasteiger partial charge in [0.25, 0.3) is 0 Å². The Bertz CT molecular complexity index is 3990. The molecule has 0 unspecified atom stereocenters. The van der Waals surface area contributed by atoms with E-state index in [1.165, 1.54) is 59.1 Å². The Balaban J connectivity index is 1.00. The van der Waals surface area contributed by atoms with Crippen LogP contribution in [0.3, 0.4) is 0 Å². The zero-order chi connectivity index (χ0) is 45.7. The van der Waals surface area contributed by atoms with E-state index >= 15 is 0 Å². The first-order valence-corrected chi connectivity index (χ1v) is 24.3. The molecule has 0 atom stereocenters. The van der Waals surface area contributed by atoms with E-state index in [1.807, 2.05) is 11.3 Å². The zero-order valence-corrected chi connectivity index (χ0v) is 38.4. The van der Waals surface area contributed by atoms with E-state index in [0.717, 1.165) is 66.8 Å². The van der Waals surface area contributed by atoms with Crippen LogP contribution >= 0.6 is 11.3 Å². The molecule has 0 fully saturated rings. The predicted molar refractivity (Wildman–Crippen MR) is 294 cm³/mol. The Morgan fingerprint density at radius 2 is 0.725 bits per heavy atom. The summed E-state index contributed by atoms with van der Waals surface area (Å²) >= 11 is 1.85. The molecule has 2 heterocycles. The molecule has 0 amide bonds. The molecule has 0 aliphatic carbocycles. The summed E-state index contributed by atoms with van der Waals surface area (Å²) in [6, 6.07) is 94.2. The molecule has 69 heavy (non-hydrogen) atoms. The van der Waals surface area contributed by atoms with Gasteiger partial charge in [0.1, 0.15) is 11.2 Å². The van der Waals surface area contributed by atoms with Crippen LogP contribution in [-0.2, 0) is 0 Å². The number of nitrogens with zero attached hydrogens (tertiary/aromatic N) is 1. The molecule has 0 saturated heterocycles. The minimum absolute atomic E-state index is 0.854. The van der Waals surface area contributed by atoms with Gasteiger partial charge in [-0.05, 0) is 116 Å². The summed E-state index contributed by atoms with van der Waals surface area (Å²) in [5, 5.41) is 4.67. The highest BCUT2D eigenvalue weighted by Crippen LogP contribution is 2.49. The Labute approximate surface area is 405 Å². The third-order valence-electron chi connectivity index (χ3n) is 13.5. The second kappa shape index (κ2) is 17.2. The second-order valence-electron chi connectivity index (χ2n) is 17.6. The molecule has 324 valence electrons. The van der Waals surface area contributed by atoms with Crippen LogP contribution in [0.2, 0.25) is 0 Å². The van der Waals surface area contributed by atoms with Crippen LogP contribution in [0.4, 0.5) is 17.1 Å². The fourth-order valence-electron chi connectivity index (χ4n) is 10.2. The van der Waals surface area contributed by atoms with Crippen molar-refractivity contribution in [1.29, 1.82) is 0 Å². The maximum Gasteiger partial charge on any atom is 0.145 e. The van der Waals surface area contributed by atoms with Gasteiger partial charge in [-0.15, -0.1) is 11.3 Å². The Morgan fingerprint density at radius 1 is 0.290 bits per heavy atom. The molecule has 2 nitrogen and oxygen atoms in total. The number of furan rings is 1. The molecule has 11 aromatic carbocycles. The van der Waals surface area contributed by atoms with Crippen LogP contribution in [0.25, 0.3) is 109 Å². The lowest BCUT2D eigenvalue weighted by molar-refractivity contribution is 0.670. The van der Waals surface area contributed by atoms with E-state index in [-0.39, 0.29) is 0 Å². The summed E-state index contributed by atoms with van der Waals surface area (Å²) in [6.45, 7) is 0. The third kappa shape index (κ3) is 7.28. The van der Waals surface area contributed by atoms with Crippen molar-refractivity contribution in [3.63, 3.8) is 0 Å². The molecule has 0 N–H and O–H groups in total. The van der Waals surface area contributed by atoms with Crippen molar-refractivity contribution in [3.05, 3.63) is 261 Å². The number of rotatable bonds is 9. The van der Waals surface area contributed by atoms with E-state index in [1.54, 1.807) is 0 Å². The summed E-state index contributed by atoms with van der Waals surface area (Å²) in [7, 11) is 0. The van der Waals surface area contributed by atoms with Crippen LogP contribution in [0, 0.1) is 0 Å². The van der Waals surface area contributed by atoms with Gasteiger partial charge >= 0.3 is 0 Å². The Morgan fingerprint density at radius 3 is 1.32 bits per heavy atom. The SMILES string of the molecule is c1ccc(-c2ccc3c(c2)oc2c(-c4ccccc4)ccc(N(c4ccc(-c5ccccc5-c5ccccc5-c5ccccc5)cc4)c4ccc5c(c4)sc4cc(-c6ccccc6)ccc45)c23)cc1. The normalized spacial score (nSPS) is 11.5. The highest BCUT2D eigenvalue weighted by Gasteiger charge is 2.24.